The third kappa shape index (κ3) is 5.70. The fourth-order valence-corrected chi connectivity index (χ4v) is 4.56. The number of benzene rings is 2. The van der Waals surface area contributed by atoms with Gasteiger partial charge in [0, 0.05) is 12.5 Å². The minimum atomic E-state index is -0.428. The molecule has 2 aromatic carbocycles. The van der Waals surface area contributed by atoms with Gasteiger partial charge in [0.15, 0.2) is 0 Å². The second-order valence-electron chi connectivity index (χ2n) is 8.55. The molecular formula is C26H30ClN3O4. The van der Waals surface area contributed by atoms with Crippen molar-refractivity contribution >= 4 is 35.1 Å². The monoisotopic (exact) mass is 483 g/mol. The number of aliphatic imine (C=N–C) groups is 1. The van der Waals surface area contributed by atoms with Crippen LogP contribution in [-0.4, -0.2) is 35.9 Å². The number of esters is 1. The van der Waals surface area contributed by atoms with Crippen molar-refractivity contribution in [3.8, 4) is 5.75 Å². The van der Waals surface area contributed by atoms with Crippen LogP contribution in [0.1, 0.15) is 62.6 Å². The molecule has 2 aliphatic heterocycles. The molecule has 0 radical (unpaired) electrons. The van der Waals surface area contributed by atoms with Gasteiger partial charge in [-0.15, -0.1) is 0 Å². The number of carbonyl (C=O) groups excluding carboxylic acids is 2. The van der Waals surface area contributed by atoms with E-state index < -0.39 is 6.04 Å². The predicted octanol–water partition coefficient (Wildman–Crippen LogP) is 5.30. The van der Waals surface area contributed by atoms with Gasteiger partial charge < -0.3 is 14.4 Å². The van der Waals surface area contributed by atoms with Crippen LogP contribution < -0.4 is 10.1 Å². The number of amides is 1. The highest BCUT2D eigenvalue weighted by atomic mass is 35.5. The van der Waals surface area contributed by atoms with Gasteiger partial charge in [0.05, 0.1) is 30.5 Å². The molecule has 0 saturated carbocycles. The maximum absolute atomic E-state index is 12.7. The van der Waals surface area contributed by atoms with Crippen LogP contribution in [0.15, 0.2) is 47.5 Å². The molecule has 1 N–H and O–H groups in total. The summed E-state index contributed by atoms with van der Waals surface area (Å²) in [5.74, 6) is 0.905. The van der Waals surface area contributed by atoms with Crippen LogP contribution in [0.3, 0.4) is 0 Å². The number of unbranched alkanes of at least 4 members (excludes halogenated alkanes) is 5. The summed E-state index contributed by atoms with van der Waals surface area (Å²) >= 11 is 6.72. The Balaban J connectivity index is 1.29. The molecule has 1 saturated heterocycles. The van der Waals surface area contributed by atoms with Crippen LogP contribution in [0.4, 0.5) is 5.69 Å². The molecule has 1 amide bonds. The van der Waals surface area contributed by atoms with Crippen molar-refractivity contribution in [1.82, 2.24) is 10.2 Å². The highest BCUT2D eigenvalue weighted by Gasteiger charge is 2.40. The van der Waals surface area contributed by atoms with Gasteiger partial charge in [-0.1, -0.05) is 67.6 Å². The van der Waals surface area contributed by atoms with Crippen molar-refractivity contribution in [3.63, 3.8) is 0 Å². The number of halogens is 1. The molecule has 0 aliphatic carbocycles. The van der Waals surface area contributed by atoms with Crippen LogP contribution in [0.5, 0.6) is 5.75 Å². The van der Waals surface area contributed by atoms with Gasteiger partial charge in [0.1, 0.15) is 11.8 Å². The zero-order valence-electron chi connectivity index (χ0n) is 19.4. The fraction of sp³-hybridized carbons (Fsp3) is 0.423. The molecule has 8 heteroatoms. The summed E-state index contributed by atoms with van der Waals surface area (Å²) in [6.45, 7) is 3.02. The van der Waals surface area contributed by atoms with Gasteiger partial charge in [-0.2, -0.15) is 0 Å². The molecule has 2 aromatic rings. The van der Waals surface area contributed by atoms with Crippen LogP contribution >= 0.6 is 11.6 Å². The summed E-state index contributed by atoms with van der Waals surface area (Å²) in [5, 5.41) is 3.45. The zero-order chi connectivity index (χ0) is 23.9. The lowest BCUT2D eigenvalue weighted by atomic mass is 10.0. The number of hydrogen-bond donors (Lipinski definition) is 1. The number of carbonyl (C=O) groups is 2. The largest absolute Gasteiger partial charge is 0.492 e. The molecule has 0 aromatic heterocycles. The van der Waals surface area contributed by atoms with Crippen molar-refractivity contribution in [2.24, 2.45) is 4.99 Å². The summed E-state index contributed by atoms with van der Waals surface area (Å²) in [5.41, 5.74) is 2.54. The lowest BCUT2D eigenvalue weighted by molar-refractivity contribution is -0.141. The summed E-state index contributed by atoms with van der Waals surface area (Å²) in [4.78, 5) is 30.0. The Morgan fingerprint density at radius 2 is 1.76 bits per heavy atom. The van der Waals surface area contributed by atoms with E-state index in [1.54, 1.807) is 0 Å². The second-order valence-corrected chi connectivity index (χ2v) is 8.93. The molecule has 34 heavy (non-hydrogen) atoms. The number of fused-ring (bicyclic) bond motifs is 2. The van der Waals surface area contributed by atoms with E-state index in [2.05, 4.69) is 10.3 Å². The Kier molecular flexibility index (Phi) is 8.06. The second kappa shape index (κ2) is 11.4. The van der Waals surface area contributed by atoms with Crippen molar-refractivity contribution < 1.29 is 19.1 Å². The first-order chi connectivity index (χ1) is 16.5. The maximum Gasteiger partial charge on any atom is 0.302 e. The van der Waals surface area contributed by atoms with Crippen molar-refractivity contribution in [2.75, 3.05) is 13.2 Å². The third-order valence-corrected chi connectivity index (χ3v) is 6.44. The quantitative estimate of drug-likeness (QED) is 0.346. The minimum Gasteiger partial charge on any atom is -0.492 e. The van der Waals surface area contributed by atoms with E-state index in [1.807, 2.05) is 47.4 Å². The summed E-state index contributed by atoms with van der Waals surface area (Å²) in [6, 6.07) is 13.0. The number of ether oxygens (including phenoxy) is 2. The van der Waals surface area contributed by atoms with Crippen LogP contribution in [0.2, 0.25) is 5.02 Å². The summed E-state index contributed by atoms with van der Waals surface area (Å²) < 4.78 is 10.9. The molecule has 1 atom stereocenters. The first kappa shape index (κ1) is 24.1. The van der Waals surface area contributed by atoms with E-state index in [9.17, 15) is 9.59 Å². The van der Waals surface area contributed by atoms with Gasteiger partial charge in [-0.3, -0.25) is 14.9 Å². The molecule has 1 unspecified atom stereocenters. The summed E-state index contributed by atoms with van der Waals surface area (Å²) in [6.07, 6.45) is 6.23. The van der Waals surface area contributed by atoms with E-state index >= 15 is 0 Å². The topological polar surface area (TPSA) is 80.2 Å². The number of rotatable bonds is 11. The van der Waals surface area contributed by atoms with Crippen molar-refractivity contribution in [1.29, 1.82) is 0 Å². The molecule has 180 valence electrons. The van der Waals surface area contributed by atoms with Crippen molar-refractivity contribution in [2.45, 2.75) is 58.0 Å². The molecule has 0 bridgehead atoms. The number of nitrogens with zero attached hydrogens (tertiary/aromatic N) is 2. The van der Waals surface area contributed by atoms with Gasteiger partial charge >= 0.3 is 5.97 Å². The molecule has 7 nitrogen and oxygen atoms in total. The van der Waals surface area contributed by atoms with Crippen LogP contribution in [-0.2, 0) is 20.9 Å². The van der Waals surface area contributed by atoms with Gasteiger partial charge in [-0.05, 0) is 30.5 Å². The van der Waals surface area contributed by atoms with E-state index in [1.165, 1.54) is 6.92 Å². The summed E-state index contributed by atoms with van der Waals surface area (Å²) in [7, 11) is 0. The zero-order valence-corrected chi connectivity index (χ0v) is 20.1. The van der Waals surface area contributed by atoms with Crippen LogP contribution in [0, 0.1) is 0 Å². The fourth-order valence-electron chi connectivity index (χ4n) is 4.29. The average molecular weight is 484 g/mol. The molecule has 4 rings (SSSR count). The SMILES string of the molecule is CC(=O)OCCCCCCCCOc1ccc2c(c1Cl)CN1C(=N2)NC(=O)C1c1ccccc1. The minimum absolute atomic E-state index is 0.0864. The Hall–Kier alpha value is -3.06. The average Bonchev–Trinajstić information content (AvgIpc) is 3.15. The number of nitrogens with one attached hydrogen (secondary N) is 1. The van der Waals surface area contributed by atoms with Gasteiger partial charge in [-0.25, -0.2) is 4.99 Å². The standard InChI is InChI=1S/C26H30ClN3O4/c1-18(31)33-15-9-4-2-3-5-10-16-34-22-14-13-21-20(23(22)27)17-30-24(19-11-7-6-8-12-19)25(32)29-26(30)28-21/h6-8,11-14,24H,2-5,9-10,15-17H2,1H3,(H,28,29,32). The van der Waals surface area contributed by atoms with E-state index in [0.717, 1.165) is 55.3 Å². The highest BCUT2D eigenvalue weighted by molar-refractivity contribution is 6.33. The number of guanidine groups is 1. The Morgan fingerprint density at radius 3 is 2.50 bits per heavy atom. The van der Waals surface area contributed by atoms with E-state index in [-0.39, 0.29) is 11.9 Å². The van der Waals surface area contributed by atoms with Gasteiger partial charge in [0.25, 0.3) is 5.91 Å². The lowest BCUT2D eigenvalue weighted by Crippen LogP contribution is -2.33. The molecule has 0 spiro atoms. The highest BCUT2D eigenvalue weighted by Crippen LogP contribution is 2.41. The normalized spacial score (nSPS) is 16.4. The Morgan fingerprint density at radius 1 is 1.06 bits per heavy atom. The molecule has 2 heterocycles. The van der Waals surface area contributed by atoms with Gasteiger partial charge in [0.2, 0.25) is 5.96 Å². The maximum atomic E-state index is 12.7. The molecule has 1 fully saturated rings. The first-order valence-electron chi connectivity index (χ1n) is 11.8. The smallest absolute Gasteiger partial charge is 0.302 e. The first-order valence-corrected chi connectivity index (χ1v) is 12.2. The van der Waals surface area contributed by atoms with Crippen LogP contribution in [0.25, 0.3) is 0 Å². The van der Waals surface area contributed by atoms with E-state index in [0.29, 0.717) is 36.5 Å². The predicted molar refractivity (Wildman–Crippen MR) is 131 cm³/mol. The van der Waals surface area contributed by atoms with Crippen molar-refractivity contribution in [3.05, 3.63) is 58.6 Å². The lowest BCUT2D eigenvalue weighted by Gasteiger charge is -2.29. The van der Waals surface area contributed by atoms with E-state index in [4.69, 9.17) is 21.1 Å². The Bertz CT molecular complexity index is 1060. The molecular weight excluding hydrogens is 454 g/mol. The number of hydrogen-bond acceptors (Lipinski definition) is 6. The Labute approximate surface area is 205 Å². The molecule has 2 aliphatic rings. The third-order valence-electron chi connectivity index (χ3n) is 6.02.